The van der Waals surface area contributed by atoms with Crippen LogP contribution in [0, 0.1) is 12.3 Å². The Hall–Kier alpha value is -1.59. The van der Waals surface area contributed by atoms with Crippen LogP contribution in [-0.2, 0) is 0 Å². The first-order chi connectivity index (χ1) is 7.29. The maximum Gasteiger partial charge on any atom is 0.179 e. The number of Topliss-reactive ketones (excluding diaryl/α,β-unsaturated/α-hetero) is 1. The van der Waals surface area contributed by atoms with Gasteiger partial charge in [-0.3, -0.25) is 4.79 Å². The van der Waals surface area contributed by atoms with Gasteiger partial charge in [0.1, 0.15) is 0 Å². The zero-order valence-corrected chi connectivity index (χ0v) is 8.86. The van der Waals surface area contributed by atoms with Gasteiger partial charge in [0.05, 0.1) is 6.04 Å². The fourth-order valence-electron chi connectivity index (χ4n) is 1.44. The zero-order valence-electron chi connectivity index (χ0n) is 8.86. The molecule has 2 heteroatoms. The Morgan fingerprint density at radius 2 is 2.13 bits per heavy atom. The van der Waals surface area contributed by atoms with E-state index in [0.717, 1.165) is 5.56 Å². The summed E-state index contributed by atoms with van der Waals surface area (Å²) in [4.78, 5) is 12.0. The molecular formula is C13H15NO. The normalized spacial score (nSPS) is 11.7. The van der Waals surface area contributed by atoms with Gasteiger partial charge in [-0.25, -0.2) is 0 Å². The number of rotatable bonds is 5. The van der Waals surface area contributed by atoms with E-state index in [1.54, 1.807) is 7.05 Å². The fourth-order valence-corrected chi connectivity index (χ4v) is 1.44. The van der Waals surface area contributed by atoms with Crippen LogP contribution in [0.4, 0.5) is 0 Å². The quantitative estimate of drug-likeness (QED) is 0.582. The van der Waals surface area contributed by atoms with E-state index in [2.05, 4.69) is 11.2 Å². The molecule has 2 nitrogen and oxygen atoms in total. The van der Waals surface area contributed by atoms with Gasteiger partial charge in [-0.1, -0.05) is 30.3 Å². The van der Waals surface area contributed by atoms with Crippen LogP contribution in [0.1, 0.15) is 23.2 Å². The van der Waals surface area contributed by atoms with E-state index in [9.17, 15) is 4.79 Å². The second-order valence-corrected chi connectivity index (χ2v) is 3.31. The molecule has 1 unspecified atom stereocenters. The van der Waals surface area contributed by atoms with Crippen LogP contribution in [0.5, 0.6) is 0 Å². The minimum Gasteiger partial charge on any atom is -0.310 e. The first-order valence-corrected chi connectivity index (χ1v) is 4.99. The predicted octanol–water partition coefficient (Wildman–Crippen LogP) is 1.87. The highest BCUT2D eigenvalue weighted by Gasteiger charge is 2.16. The first-order valence-electron chi connectivity index (χ1n) is 4.99. The molecule has 1 N–H and O–H groups in total. The Kier molecular flexibility index (Phi) is 4.59. The van der Waals surface area contributed by atoms with Gasteiger partial charge in [0, 0.05) is 12.0 Å². The summed E-state index contributed by atoms with van der Waals surface area (Å²) in [6.45, 7) is 0. The second-order valence-electron chi connectivity index (χ2n) is 3.31. The highest BCUT2D eigenvalue weighted by Crippen LogP contribution is 2.07. The van der Waals surface area contributed by atoms with Crippen molar-refractivity contribution in [3.8, 4) is 12.3 Å². The molecule has 78 valence electrons. The van der Waals surface area contributed by atoms with Crippen molar-refractivity contribution < 1.29 is 4.79 Å². The number of benzene rings is 1. The largest absolute Gasteiger partial charge is 0.310 e. The molecule has 0 saturated carbocycles. The Morgan fingerprint density at radius 3 is 2.67 bits per heavy atom. The summed E-state index contributed by atoms with van der Waals surface area (Å²) in [5, 5.41) is 2.99. The van der Waals surface area contributed by atoms with Crippen LogP contribution in [0.3, 0.4) is 0 Å². The van der Waals surface area contributed by atoms with E-state index in [-0.39, 0.29) is 11.8 Å². The summed E-state index contributed by atoms with van der Waals surface area (Å²) in [6, 6.07) is 9.09. The molecule has 1 rings (SSSR count). The third-order valence-electron chi connectivity index (χ3n) is 2.30. The van der Waals surface area contributed by atoms with E-state index < -0.39 is 0 Å². The van der Waals surface area contributed by atoms with Crippen molar-refractivity contribution in [2.45, 2.75) is 18.9 Å². The number of hydrogen-bond donors (Lipinski definition) is 1. The van der Waals surface area contributed by atoms with Crippen molar-refractivity contribution in [3.63, 3.8) is 0 Å². The van der Waals surface area contributed by atoms with Gasteiger partial charge < -0.3 is 5.32 Å². The van der Waals surface area contributed by atoms with Crippen LogP contribution < -0.4 is 5.32 Å². The first kappa shape index (κ1) is 11.5. The van der Waals surface area contributed by atoms with Gasteiger partial charge in [0.2, 0.25) is 0 Å². The molecule has 0 aliphatic rings. The van der Waals surface area contributed by atoms with Gasteiger partial charge in [0.15, 0.2) is 5.78 Å². The molecule has 0 saturated heterocycles. The summed E-state index contributed by atoms with van der Waals surface area (Å²) >= 11 is 0. The Bertz CT molecular complexity index is 351. The van der Waals surface area contributed by atoms with Crippen molar-refractivity contribution >= 4 is 5.78 Å². The summed E-state index contributed by atoms with van der Waals surface area (Å²) in [5.41, 5.74) is 0.730. The molecule has 1 aromatic carbocycles. The third-order valence-corrected chi connectivity index (χ3v) is 2.30. The lowest BCUT2D eigenvalue weighted by atomic mass is 10.0. The number of nitrogens with one attached hydrogen (secondary N) is 1. The van der Waals surface area contributed by atoms with Crippen molar-refractivity contribution in [2.24, 2.45) is 0 Å². The maximum atomic E-state index is 12.0. The molecule has 0 amide bonds. The minimum atomic E-state index is -0.177. The fraction of sp³-hybridized carbons (Fsp3) is 0.308. The maximum absolute atomic E-state index is 12.0. The number of carbonyl (C=O) groups is 1. The molecule has 0 aliphatic carbocycles. The van der Waals surface area contributed by atoms with Crippen LogP contribution in [0.15, 0.2) is 30.3 Å². The van der Waals surface area contributed by atoms with Crippen molar-refractivity contribution in [1.82, 2.24) is 5.32 Å². The number of hydrogen-bond acceptors (Lipinski definition) is 2. The Labute approximate surface area is 90.7 Å². The molecule has 0 fully saturated rings. The lowest BCUT2D eigenvalue weighted by Gasteiger charge is -2.13. The van der Waals surface area contributed by atoms with E-state index in [1.807, 2.05) is 30.3 Å². The van der Waals surface area contributed by atoms with Crippen molar-refractivity contribution in [1.29, 1.82) is 0 Å². The number of likely N-dealkylation sites (N-methyl/N-ethyl adjacent to an activating group) is 1. The van der Waals surface area contributed by atoms with E-state index in [4.69, 9.17) is 6.42 Å². The van der Waals surface area contributed by atoms with Crippen molar-refractivity contribution in [3.05, 3.63) is 35.9 Å². The average molecular weight is 201 g/mol. The van der Waals surface area contributed by atoms with Crippen LogP contribution >= 0.6 is 0 Å². The molecule has 0 bridgehead atoms. The standard InChI is InChI=1S/C13H15NO/c1-3-4-10-12(14-2)13(15)11-8-6-5-7-9-11/h1,5-9,12,14H,4,10H2,2H3. The molecule has 0 aromatic heterocycles. The van der Waals surface area contributed by atoms with Crippen LogP contribution in [-0.4, -0.2) is 18.9 Å². The van der Waals surface area contributed by atoms with Gasteiger partial charge in [-0.15, -0.1) is 12.3 Å². The SMILES string of the molecule is C#CCCC(NC)C(=O)c1ccccc1. The topological polar surface area (TPSA) is 29.1 Å². The van der Waals surface area contributed by atoms with Crippen LogP contribution in [0.2, 0.25) is 0 Å². The van der Waals surface area contributed by atoms with Gasteiger partial charge in [-0.2, -0.15) is 0 Å². The molecular weight excluding hydrogens is 186 g/mol. The minimum absolute atomic E-state index is 0.105. The zero-order chi connectivity index (χ0) is 11.1. The Morgan fingerprint density at radius 1 is 1.47 bits per heavy atom. The van der Waals surface area contributed by atoms with E-state index >= 15 is 0 Å². The molecule has 0 radical (unpaired) electrons. The lowest BCUT2D eigenvalue weighted by Crippen LogP contribution is -2.33. The van der Waals surface area contributed by atoms with Crippen LogP contribution in [0.25, 0.3) is 0 Å². The summed E-state index contributed by atoms with van der Waals surface area (Å²) in [7, 11) is 1.78. The molecule has 0 heterocycles. The van der Waals surface area contributed by atoms with Gasteiger partial charge in [-0.05, 0) is 13.5 Å². The second kappa shape index (κ2) is 6.00. The number of terminal acetylenes is 1. The molecule has 0 spiro atoms. The highest BCUT2D eigenvalue weighted by molar-refractivity contribution is 6.00. The highest BCUT2D eigenvalue weighted by atomic mass is 16.1. The predicted molar refractivity (Wildman–Crippen MR) is 61.7 cm³/mol. The molecule has 1 atom stereocenters. The third kappa shape index (κ3) is 3.23. The lowest BCUT2D eigenvalue weighted by molar-refractivity contribution is 0.0943. The number of ketones is 1. The van der Waals surface area contributed by atoms with Crippen molar-refractivity contribution in [2.75, 3.05) is 7.05 Å². The monoisotopic (exact) mass is 201 g/mol. The molecule has 15 heavy (non-hydrogen) atoms. The van der Waals surface area contributed by atoms with E-state index in [1.165, 1.54) is 0 Å². The van der Waals surface area contributed by atoms with E-state index in [0.29, 0.717) is 12.8 Å². The van der Waals surface area contributed by atoms with Gasteiger partial charge >= 0.3 is 0 Å². The smallest absolute Gasteiger partial charge is 0.179 e. The Balaban J connectivity index is 2.70. The summed E-state index contributed by atoms with van der Waals surface area (Å²) in [6.07, 6.45) is 6.48. The average Bonchev–Trinajstić information content (AvgIpc) is 2.31. The summed E-state index contributed by atoms with van der Waals surface area (Å²) in [5.74, 6) is 2.65. The number of carbonyl (C=O) groups excluding carboxylic acids is 1. The summed E-state index contributed by atoms with van der Waals surface area (Å²) < 4.78 is 0. The molecule has 1 aromatic rings. The van der Waals surface area contributed by atoms with Gasteiger partial charge in [0.25, 0.3) is 0 Å². The molecule has 0 aliphatic heterocycles.